The van der Waals surface area contributed by atoms with Gasteiger partial charge in [-0.25, -0.2) is 9.91 Å². The minimum absolute atomic E-state index is 0.217. The SMILES string of the molecule is Cc1cc(C)cc(N2C(=O)CC(N(NC(=O)c3ccc(Cl)cc3)C(=O)C(C)C)C2=O)c1. The van der Waals surface area contributed by atoms with Crippen molar-refractivity contribution in [3.8, 4) is 0 Å². The molecule has 2 aromatic carbocycles. The second kappa shape index (κ2) is 8.89. The van der Waals surface area contributed by atoms with Crippen molar-refractivity contribution in [2.45, 2.75) is 40.2 Å². The Morgan fingerprint density at radius 2 is 1.65 bits per heavy atom. The van der Waals surface area contributed by atoms with E-state index in [1.54, 1.807) is 38.1 Å². The number of rotatable bonds is 4. The molecule has 8 heteroatoms. The number of nitrogens with one attached hydrogen (secondary N) is 1. The van der Waals surface area contributed by atoms with Crippen molar-refractivity contribution in [1.29, 1.82) is 0 Å². The average Bonchev–Trinajstić information content (AvgIpc) is 2.99. The summed E-state index contributed by atoms with van der Waals surface area (Å²) < 4.78 is 0. The first kappa shape index (κ1) is 22.5. The van der Waals surface area contributed by atoms with Gasteiger partial charge in [-0.15, -0.1) is 0 Å². The standard InChI is InChI=1S/C23H24ClN3O4/c1-13(2)22(30)27(25-21(29)16-5-7-17(24)8-6-16)19-12-20(28)26(23(19)31)18-10-14(3)9-15(4)11-18/h5-11,13,19H,12H2,1-4H3,(H,25,29). The minimum atomic E-state index is -1.13. The first-order valence-electron chi connectivity index (χ1n) is 9.93. The van der Waals surface area contributed by atoms with Gasteiger partial charge in [-0.2, -0.15) is 0 Å². The third kappa shape index (κ3) is 4.77. The molecule has 2 aromatic rings. The van der Waals surface area contributed by atoms with Crippen LogP contribution in [0.15, 0.2) is 42.5 Å². The van der Waals surface area contributed by atoms with Gasteiger partial charge >= 0.3 is 0 Å². The van der Waals surface area contributed by atoms with Crippen LogP contribution in [-0.2, 0) is 14.4 Å². The molecule has 0 saturated carbocycles. The van der Waals surface area contributed by atoms with E-state index in [0.717, 1.165) is 21.0 Å². The molecule has 31 heavy (non-hydrogen) atoms. The topological polar surface area (TPSA) is 86.8 Å². The summed E-state index contributed by atoms with van der Waals surface area (Å²) >= 11 is 5.87. The third-order valence-corrected chi connectivity index (χ3v) is 5.21. The predicted octanol–water partition coefficient (Wildman–Crippen LogP) is 3.42. The number of carbonyl (C=O) groups excluding carboxylic acids is 4. The summed E-state index contributed by atoms with van der Waals surface area (Å²) in [6, 6.07) is 10.4. The Morgan fingerprint density at radius 1 is 1.06 bits per heavy atom. The molecule has 1 N–H and O–H groups in total. The number of anilines is 1. The van der Waals surface area contributed by atoms with Crippen LogP contribution >= 0.6 is 11.6 Å². The quantitative estimate of drug-likeness (QED) is 0.581. The van der Waals surface area contributed by atoms with Crippen LogP contribution in [0.2, 0.25) is 5.02 Å². The molecule has 0 radical (unpaired) electrons. The number of benzene rings is 2. The van der Waals surface area contributed by atoms with Gasteiger partial charge < -0.3 is 0 Å². The summed E-state index contributed by atoms with van der Waals surface area (Å²) in [5.74, 6) is -2.52. The Labute approximate surface area is 185 Å². The van der Waals surface area contributed by atoms with Gasteiger partial charge in [-0.3, -0.25) is 24.6 Å². The Hall–Kier alpha value is -3.19. The molecule has 0 bridgehead atoms. The molecule has 1 aliphatic rings. The number of hydrogen-bond donors (Lipinski definition) is 1. The highest BCUT2D eigenvalue weighted by Gasteiger charge is 2.45. The third-order valence-electron chi connectivity index (χ3n) is 4.96. The number of halogens is 1. The molecule has 0 spiro atoms. The first-order chi connectivity index (χ1) is 14.6. The zero-order chi connectivity index (χ0) is 22.9. The average molecular weight is 442 g/mol. The lowest BCUT2D eigenvalue weighted by Crippen LogP contribution is -2.55. The number of hydrogen-bond acceptors (Lipinski definition) is 4. The molecule has 1 atom stereocenters. The summed E-state index contributed by atoms with van der Waals surface area (Å²) in [7, 11) is 0. The number of imide groups is 1. The second-order valence-electron chi connectivity index (χ2n) is 7.94. The summed E-state index contributed by atoms with van der Waals surface area (Å²) in [4.78, 5) is 52.6. The van der Waals surface area contributed by atoms with E-state index >= 15 is 0 Å². The Morgan fingerprint density at radius 3 is 2.19 bits per heavy atom. The van der Waals surface area contributed by atoms with E-state index in [1.165, 1.54) is 12.1 Å². The lowest BCUT2D eigenvalue weighted by molar-refractivity contribution is -0.143. The normalized spacial score (nSPS) is 16.1. The van der Waals surface area contributed by atoms with Crippen LogP contribution in [0, 0.1) is 19.8 Å². The van der Waals surface area contributed by atoms with Crippen molar-refractivity contribution in [1.82, 2.24) is 10.4 Å². The van der Waals surface area contributed by atoms with Crippen molar-refractivity contribution in [3.63, 3.8) is 0 Å². The molecular weight excluding hydrogens is 418 g/mol. The summed E-state index contributed by atoms with van der Waals surface area (Å²) in [6.07, 6.45) is -0.217. The van der Waals surface area contributed by atoms with Crippen LogP contribution in [0.4, 0.5) is 5.69 Å². The highest BCUT2D eigenvalue weighted by molar-refractivity contribution is 6.30. The molecule has 3 rings (SSSR count). The molecule has 1 fully saturated rings. The van der Waals surface area contributed by atoms with E-state index in [9.17, 15) is 19.2 Å². The highest BCUT2D eigenvalue weighted by atomic mass is 35.5. The molecule has 1 saturated heterocycles. The van der Waals surface area contributed by atoms with Gasteiger partial charge in [0.2, 0.25) is 11.8 Å². The molecule has 0 aromatic heterocycles. The molecule has 1 aliphatic heterocycles. The van der Waals surface area contributed by atoms with Crippen LogP contribution in [0.5, 0.6) is 0 Å². The van der Waals surface area contributed by atoms with Gasteiger partial charge in [0.25, 0.3) is 11.8 Å². The van der Waals surface area contributed by atoms with E-state index in [4.69, 9.17) is 11.6 Å². The molecule has 162 valence electrons. The Kier molecular flexibility index (Phi) is 6.45. The number of aryl methyl sites for hydroxylation is 2. The Bertz CT molecular complexity index is 1030. The van der Waals surface area contributed by atoms with Crippen molar-refractivity contribution in [3.05, 3.63) is 64.2 Å². The van der Waals surface area contributed by atoms with Crippen LogP contribution in [-0.4, -0.2) is 34.7 Å². The van der Waals surface area contributed by atoms with Gasteiger partial charge in [-0.1, -0.05) is 31.5 Å². The molecule has 7 nitrogen and oxygen atoms in total. The van der Waals surface area contributed by atoms with Gasteiger partial charge in [0, 0.05) is 16.5 Å². The number of hydrazine groups is 1. The van der Waals surface area contributed by atoms with Crippen molar-refractivity contribution in [2.75, 3.05) is 4.90 Å². The van der Waals surface area contributed by atoms with Gasteiger partial charge in [0.05, 0.1) is 12.1 Å². The molecule has 1 unspecified atom stereocenters. The van der Waals surface area contributed by atoms with Gasteiger partial charge in [-0.05, 0) is 61.4 Å². The number of carbonyl (C=O) groups is 4. The molecular formula is C23H24ClN3O4. The zero-order valence-electron chi connectivity index (χ0n) is 17.8. The predicted molar refractivity (Wildman–Crippen MR) is 117 cm³/mol. The van der Waals surface area contributed by atoms with Gasteiger partial charge in [0.1, 0.15) is 6.04 Å². The van der Waals surface area contributed by atoms with E-state index < -0.39 is 35.6 Å². The summed E-state index contributed by atoms with van der Waals surface area (Å²) in [5, 5.41) is 1.46. The van der Waals surface area contributed by atoms with Crippen molar-refractivity contribution >= 4 is 40.9 Å². The number of amides is 4. The van der Waals surface area contributed by atoms with E-state index in [0.29, 0.717) is 10.7 Å². The highest BCUT2D eigenvalue weighted by Crippen LogP contribution is 2.27. The molecule has 1 heterocycles. The van der Waals surface area contributed by atoms with Crippen molar-refractivity contribution < 1.29 is 19.2 Å². The smallest absolute Gasteiger partial charge is 0.269 e. The fourth-order valence-electron chi connectivity index (χ4n) is 3.51. The van der Waals surface area contributed by atoms with Crippen molar-refractivity contribution in [2.24, 2.45) is 5.92 Å². The second-order valence-corrected chi connectivity index (χ2v) is 8.38. The van der Waals surface area contributed by atoms with Crippen LogP contribution in [0.25, 0.3) is 0 Å². The number of nitrogens with zero attached hydrogens (tertiary/aromatic N) is 2. The van der Waals surface area contributed by atoms with E-state index in [2.05, 4.69) is 5.43 Å². The molecule has 0 aliphatic carbocycles. The lowest BCUT2D eigenvalue weighted by Gasteiger charge is -2.29. The maximum atomic E-state index is 13.2. The maximum absolute atomic E-state index is 13.2. The fourth-order valence-corrected chi connectivity index (χ4v) is 3.63. The van der Waals surface area contributed by atoms with Gasteiger partial charge in [0.15, 0.2) is 0 Å². The van der Waals surface area contributed by atoms with E-state index in [1.807, 2.05) is 19.9 Å². The van der Waals surface area contributed by atoms with Crippen LogP contribution < -0.4 is 10.3 Å². The maximum Gasteiger partial charge on any atom is 0.269 e. The first-order valence-corrected chi connectivity index (χ1v) is 10.3. The van der Waals surface area contributed by atoms with Crippen LogP contribution in [0.1, 0.15) is 41.8 Å². The summed E-state index contributed by atoms with van der Waals surface area (Å²) in [5.41, 5.74) is 5.07. The van der Waals surface area contributed by atoms with E-state index in [-0.39, 0.29) is 12.0 Å². The largest absolute Gasteiger partial charge is 0.274 e. The fraction of sp³-hybridized carbons (Fsp3) is 0.304. The zero-order valence-corrected chi connectivity index (χ0v) is 18.6. The summed E-state index contributed by atoms with van der Waals surface area (Å²) in [6.45, 7) is 7.07. The molecule has 4 amide bonds. The minimum Gasteiger partial charge on any atom is -0.274 e. The lowest BCUT2D eigenvalue weighted by atomic mass is 10.1. The van der Waals surface area contributed by atoms with Crippen LogP contribution in [0.3, 0.4) is 0 Å². The monoisotopic (exact) mass is 441 g/mol. The Balaban J connectivity index is 1.91.